The zero-order valence-electron chi connectivity index (χ0n) is 10.8. The summed E-state index contributed by atoms with van der Waals surface area (Å²) >= 11 is 1.25. The second-order valence-corrected chi connectivity index (χ2v) is 7.39. The highest BCUT2D eigenvalue weighted by Crippen LogP contribution is 2.21. The van der Waals surface area contributed by atoms with Crippen LogP contribution in [0.25, 0.3) is 0 Å². The van der Waals surface area contributed by atoms with Crippen molar-refractivity contribution in [1.82, 2.24) is 4.72 Å². The monoisotopic (exact) mass is 291 g/mol. The van der Waals surface area contributed by atoms with Crippen molar-refractivity contribution in [2.45, 2.75) is 44.6 Å². The van der Waals surface area contributed by atoms with Crippen molar-refractivity contribution < 1.29 is 13.5 Å². The molecule has 0 radical (unpaired) electrons. The van der Waals surface area contributed by atoms with E-state index in [0.717, 1.165) is 19.3 Å². The Labute approximate surface area is 113 Å². The number of aliphatic hydroxyl groups is 1. The summed E-state index contributed by atoms with van der Waals surface area (Å²) in [6.07, 6.45) is 2.98. The molecule has 18 heavy (non-hydrogen) atoms. The molecule has 0 unspecified atom stereocenters. The summed E-state index contributed by atoms with van der Waals surface area (Å²) in [5.74, 6) is 0.652. The molecule has 104 valence electrons. The van der Waals surface area contributed by atoms with Crippen LogP contribution in [0.15, 0.2) is 16.3 Å². The molecule has 0 saturated heterocycles. The maximum atomic E-state index is 12.0. The lowest BCUT2D eigenvalue weighted by Gasteiger charge is -2.07. The molecule has 4 nitrogen and oxygen atoms in total. The summed E-state index contributed by atoms with van der Waals surface area (Å²) in [6, 6.07) is 1.53. The van der Waals surface area contributed by atoms with Gasteiger partial charge < -0.3 is 5.11 Å². The smallest absolute Gasteiger partial charge is 0.241 e. The molecule has 0 aliphatic carbocycles. The van der Waals surface area contributed by atoms with E-state index >= 15 is 0 Å². The fraction of sp³-hybridized carbons (Fsp3) is 0.667. The van der Waals surface area contributed by atoms with Crippen LogP contribution in [0, 0.1) is 5.92 Å². The third kappa shape index (κ3) is 4.68. The lowest BCUT2D eigenvalue weighted by Crippen LogP contribution is -2.25. The van der Waals surface area contributed by atoms with Crippen molar-refractivity contribution in [2.75, 3.05) is 6.54 Å². The predicted molar refractivity (Wildman–Crippen MR) is 74.1 cm³/mol. The first-order valence-corrected chi connectivity index (χ1v) is 8.50. The van der Waals surface area contributed by atoms with E-state index in [4.69, 9.17) is 5.11 Å². The van der Waals surface area contributed by atoms with Gasteiger partial charge in [-0.2, -0.15) is 0 Å². The van der Waals surface area contributed by atoms with Gasteiger partial charge in [0, 0.05) is 11.4 Å². The van der Waals surface area contributed by atoms with Gasteiger partial charge >= 0.3 is 0 Å². The molecule has 1 aromatic heterocycles. The third-order valence-corrected chi connectivity index (χ3v) is 5.22. The summed E-state index contributed by atoms with van der Waals surface area (Å²) in [4.78, 5) is 0.698. The van der Waals surface area contributed by atoms with Gasteiger partial charge in [0.2, 0.25) is 10.0 Å². The lowest BCUT2D eigenvalue weighted by molar-refractivity contribution is 0.282. The minimum absolute atomic E-state index is 0.207. The first-order chi connectivity index (χ1) is 8.47. The van der Waals surface area contributed by atoms with E-state index in [0.29, 0.717) is 17.3 Å². The van der Waals surface area contributed by atoms with E-state index in [1.165, 1.54) is 17.4 Å². The molecule has 0 bridgehead atoms. The molecule has 0 spiro atoms. The van der Waals surface area contributed by atoms with Gasteiger partial charge in [-0.05, 0) is 23.8 Å². The molecule has 1 aromatic rings. The van der Waals surface area contributed by atoms with Crippen LogP contribution in [0.4, 0.5) is 0 Å². The fourth-order valence-corrected chi connectivity index (χ4v) is 4.01. The standard InChI is InChI=1S/C12H21NO3S2/c1-10(2)5-3-4-7-13-18(15,16)12-6-8-17-11(12)9-14/h6,8,10,13-14H,3-5,7,9H2,1-2H3. The summed E-state index contributed by atoms with van der Waals surface area (Å²) in [7, 11) is -3.46. The Bertz CT molecular complexity index is 452. The van der Waals surface area contributed by atoms with Crippen molar-refractivity contribution in [1.29, 1.82) is 0 Å². The lowest BCUT2D eigenvalue weighted by atomic mass is 10.1. The van der Waals surface area contributed by atoms with E-state index in [2.05, 4.69) is 18.6 Å². The molecule has 0 amide bonds. The van der Waals surface area contributed by atoms with E-state index < -0.39 is 10.0 Å². The second-order valence-electron chi connectivity index (χ2n) is 4.65. The predicted octanol–water partition coefficient (Wildman–Crippen LogP) is 2.35. The Morgan fingerprint density at radius 2 is 2.11 bits per heavy atom. The zero-order valence-corrected chi connectivity index (χ0v) is 12.5. The molecule has 0 atom stereocenters. The average molecular weight is 291 g/mol. The molecular weight excluding hydrogens is 270 g/mol. The maximum absolute atomic E-state index is 12.0. The molecule has 6 heteroatoms. The van der Waals surface area contributed by atoms with Crippen molar-refractivity contribution >= 4 is 21.4 Å². The van der Waals surface area contributed by atoms with Crippen LogP contribution in [-0.2, 0) is 16.6 Å². The topological polar surface area (TPSA) is 66.4 Å². The van der Waals surface area contributed by atoms with Gasteiger partial charge in [-0.3, -0.25) is 0 Å². The number of thiophene rings is 1. The quantitative estimate of drug-likeness (QED) is 0.723. The van der Waals surface area contributed by atoms with Crippen LogP contribution in [-0.4, -0.2) is 20.1 Å². The van der Waals surface area contributed by atoms with Gasteiger partial charge in [0.05, 0.1) is 11.5 Å². The van der Waals surface area contributed by atoms with Crippen LogP contribution in [0.2, 0.25) is 0 Å². The Kier molecular flexibility index (Phi) is 6.28. The highest BCUT2D eigenvalue weighted by molar-refractivity contribution is 7.89. The van der Waals surface area contributed by atoms with Gasteiger partial charge in [0.1, 0.15) is 0 Å². The van der Waals surface area contributed by atoms with Crippen molar-refractivity contribution in [2.24, 2.45) is 5.92 Å². The normalized spacial score (nSPS) is 12.2. The fourth-order valence-electron chi connectivity index (χ4n) is 1.65. The van der Waals surface area contributed by atoms with Crippen LogP contribution >= 0.6 is 11.3 Å². The number of hydrogen-bond donors (Lipinski definition) is 2. The van der Waals surface area contributed by atoms with Gasteiger partial charge in [-0.1, -0.05) is 26.7 Å². The van der Waals surface area contributed by atoms with Crippen LogP contribution in [0.3, 0.4) is 0 Å². The van der Waals surface area contributed by atoms with Crippen molar-refractivity contribution in [3.05, 3.63) is 16.3 Å². The summed E-state index contributed by atoms with van der Waals surface area (Å²) in [5.41, 5.74) is 0. The van der Waals surface area contributed by atoms with Crippen LogP contribution in [0.5, 0.6) is 0 Å². The SMILES string of the molecule is CC(C)CCCCNS(=O)(=O)c1ccsc1CO. The Hall–Kier alpha value is -0.430. The number of unbranched alkanes of at least 4 members (excludes halogenated alkanes) is 1. The maximum Gasteiger partial charge on any atom is 0.241 e. The summed E-state index contributed by atoms with van der Waals surface area (Å²) in [6.45, 7) is 4.53. The Morgan fingerprint density at radius 1 is 1.39 bits per heavy atom. The van der Waals surface area contributed by atoms with E-state index in [1.807, 2.05) is 0 Å². The third-order valence-electron chi connectivity index (χ3n) is 2.64. The Balaban J connectivity index is 2.46. The van der Waals surface area contributed by atoms with E-state index in [1.54, 1.807) is 5.38 Å². The summed E-state index contributed by atoms with van der Waals surface area (Å²) in [5, 5.41) is 10.7. The molecule has 0 aliphatic rings. The molecule has 0 aromatic carbocycles. The molecule has 2 N–H and O–H groups in total. The first kappa shape index (κ1) is 15.6. The molecule has 1 rings (SSSR count). The largest absolute Gasteiger partial charge is 0.391 e. The van der Waals surface area contributed by atoms with Crippen LogP contribution < -0.4 is 4.72 Å². The Morgan fingerprint density at radius 3 is 2.72 bits per heavy atom. The van der Waals surface area contributed by atoms with Gasteiger partial charge in [0.15, 0.2) is 0 Å². The van der Waals surface area contributed by atoms with E-state index in [-0.39, 0.29) is 11.5 Å². The number of nitrogens with one attached hydrogen (secondary N) is 1. The van der Waals surface area contributed by atoms with Gasteiger partial charge in [0.25, 0.3) is 0 Å². The molecule has 1 heterocycles. The zero-order chi connectivity index (χ0) is 13.6. The minimum Gasteiger partial charge on any atom is -0.391 e. The highest BCUT2D eigenvalue weighted by Gasteiger charge is 2.18. The number of aliphatic hydroxyl groups excluding tert-OH is 1. The van der Waals surface area contributed by atoms with Gasteiger partial charge in [-0.15, -0.1) is 11.3 Å². The van der Waals surface area contributed by atoms with Crippen LogP contribution in [0.1, 0.15) is 38.0 Å². The van der Waals surface area contributed by atoms with Gasteiger partial charge in [-0.25, -0.2) is 13.1 Å². The number of hydrogen-bond acceptors (Lipinski definition) is 4. The molecule has 0 fully saturated rings. The van der Waals surface area contributed by atoms with Crippen molar-refractivity contribution in [3.63, 3.8) is 0 Å². The summed E-state index contributed by atoms with van der Waals surface area (Å²) < 4.78 is 26.5. The first-order valence-electron chi connectivity index (χ1n) is 6.14. The number of sulfonamides is 1. The molecule has 0 aliphatic heterocycles. The average Bonchev–Trinajstić information content (AvgIpc) is 2.76. The minimum atomic E-state index is -3.46. The number of rotatable bonds is 8. The van der Waals surface area contributed by atoms with Crippen molar-refractivity contribution in [3.8, 4) is 0 Å². The highest BCUT2D eigenvalue weighted by atomic mass is 32.2. The van der Waals surface area contributed by atoms with E-state index in [9.17, 15) is 8.42 Å². The molecular formula is C12H21NO3S2. The molecule has 0 saturated carbocycles. The second kappa shape index (κ2) is 7.23.